The second kappa shape index (κ2) is 16.8. The number of carboxylic acids is 1. The molecular formula is C36H36F3N5O9S. The first-order valence-electron chi connectivity index (χ1n) is 16.9. The van der Waals surface area contributed by atoms with Crippen molar-refractivity contribution in [2.45, 2.75) is 31.9 Å². The van der Waals surface area contributed by atoms with Crippen molar-refractivity contribution >= 4 is 38.7 Å². The highest BCUT2D eigenvalue weighted by Crippen LogP contribution is 2.31. The second-order valence-corrected chi connectivity index (χ2v) is 14.1. The zero-order valence-electron chi connectivity index (χ0n) is 28.9. The summed E-state index contributed by atoms with van der Waals surface area (Å²) in [5.74, 6) is -4.67. The summed E-state index contributed by atoms with van der Waals surface area (Å²) in [6.07, 6.45) is 1.70. The number of carboxylic acid groups (broad SMARTS) is 1. The van der Waals surface area contributed by atoms with Gasteiger partial charge >= 0.3 is 16.2 Å². The molecule has 4 heterocycles. The molecule has 1 unspecified atom stereocenters. The van der Waals surface area contributed by atoms with Gasteiger partial charge in [0.2, 0.25) is 5.78 Å². The topological polar surface area (TPSA) is 186 Å². The molecule has 3 N–H and O–H groups in total. The molecule has 3 aromatic heterocycles. The minimum Gasteiger partial charge on any atom is -0.491 e. The Labute approximate surface area is 307 Å². The maximum Gasteiger partial charge on any atom is 0.314 e. The Hall–Kier alpha value is -5.30. The van der Waals surface area contributed by atoms with Gasteiger partial charge in [-0.2, -0.15) is 12.7 Å². The van der Waals surface area contributed by atoms with Crippen molar-refractivity contribution in [3.63, 3.8) is 0 Å². The van der Waals surface area contributed by atoms with E-state index >= 15 is 4.39 Å². The second-order valence-electron chi connectivity index (χ2n) is 12.4. The first-order chi connectivity index (χ1) is 25.9. The lowest BCUT2D eigenvalue weighted by molar-refractivity contribution is -0.139. The molecule has 1 aliphatic heterocycles. The number of ether oxygens (including phenoxy) is 3. The molecule has 2 atom stereocenters. The number of hydrogen-bond donors (Lipinski definition) is 3. The van der Waals surface area contributed by atoms with Crippen LogP contribution in [0.2, 0.25) is 0 Å². The Morgan fingerprint density at radius 3 is 2.48 bits per heavy atom. The summed E-state index contributed by atoms with van der Waals surface area (Å²) in [7, 11) is -4.36. The monoisotopic (exact) mass is 771 g/mol. The largest absolute Gasteiger partial charge is 0.491 e. The van der Waals surface area contributed by atoms with Gasteiger partial charge in [0, 0.05) is 54.7 Å². The van der Waals surface area contributed by atoms with Crippen LogP contribution in [-0.4, -0.2) is 97.0 Å². The lowest BCUT2D eigenvalue weighted by Gasteiger charge is -2.18. The summed E-state index contributed by atoms with van der Waals surface area (Å²) in [6.45, 7) is 2.49. The number of carbonyl (C=O) groups is 2. The van der Waals surface area contributed by atoms with E-state index in [1.807, 2.05) is 4.72 Å². The highest BCUT2D eigenvalue weighted by atomic mass is 32.2. The summed E-state index contributed by atoms with van der Waals surface area (Å²) in [6, 6.07) is 11.9. The number of rotatable bonds is 18. The Morgan fingerprint density at radius 2 is 1.80 bits per heavy atom. The normalized spacial score (nSPS) is 15.4. The van der Waals surface area contributed by atoms with Gasteiger partial charge in [0.25, 0.3) is 0 Å². The molecule has 54 heavy (non-hydrogen) atoms. The quantitative estimate of drug-likeness (QED) is 0.0765. The lowest BCUT2D eigenvalue weighted by Crippen LogP contribution is -2.34. The molecule has 18 heteroatoms. The van der Waals surface area contributed by atoms with Crippen LogP contribution in [0.5, 0.6) is 5.75 Å². The molecule has 286 valence electrons. The van der Waals surface area contributed by atoms with Gasteiger partial charge in [0.15, 0.2) is 11.6 Å². The van der Waals surface area contributed by atoms with E-state index in [1.165, 1.54) is 6.20 Å². The third-order valence-electron chi connectivity index (χ3n) is 8.66. The van der Waals surface area contributed by atoms with Gasteiger partial charge in [-0.3, -0.25) is 14.3 Å². The number of nitrogens with one attached hydrogen (secondary N) is 2. The van der Waals surface area contributed by atoms with E-state index < -0.39 is 63.5 Å². The first kappa shape index (κ1) is 38.4. The minimum atomic E-state index is -4.36. The van der Waals surface area contributed by atoms with E-state index in [4.69, 9.17) is 18.7 Å². The third kappa shape index (κ3) is 8.90. The molecule has 1 fully saturated rings. The van der Waals surface area contributed by atoms with Crippen molar-refractivity contribution in [2.24, 2.45) is 0 Å². The number of aryl methyl sites for hydroxylation is 1. The van der Waals surface area contributed by atoms with Crippen molar-refractivity contribution < 1.29 is 55.0 Å². The highest BCUT2D eigenvalue weighted by molar-refractivity contribution is 7.90. The van der Waals surface area contributed by atoms with Crippen molar-refractivity contribution in [1.82, 2.24) is 19.4 Å². The van der Waals surface area contributed by atoms with E-state index in [9.17, 15) is 31.9 Å². The summed E-state index contributed by atoms with van der Waals surface area (Å²) in [5.41, 5.74) is 0.481. The highest BCUT2D eigenvalue weighted by Gasteiger charge is 2.33. The standard InChI is InChI=1S/C36H36F3N5O9S/c1-21-16-31(53-42-21)26(36(46)47)9-11-50-12-13-51-14-15-52-25-4-2-22(3-5-25)23-17-27-28(19-41-35(27)40-18-23)34(45)32-29(38)6-7-30(33(32)39)43-54(48,49)44-10-8-24(37)20-44/h2-7,16-19,24,26,43H,8-15,20H2,1H3,(H,40,41)(H,46,47)/t24-,26?/m1/s1. The number of fused-ring (bicyclic) bond motifs is 1. The molecule has 2 aromatic carbocycles. The van der Waals surface area contributed by atoms with Gasteiger partial charge in [0.1, 0.15) is 35.9 Å². The van der Waals surface area contributed by atoms with Crippen LogP contribution in [0.3, 0.4) is 0 Å². The molecule has 5 aromatic rings. The average molecular weight is 772 g/mol. The number of nitrogens with zero attached hydrogens (tertiary/aromatic N) is 3. The van der Waals surface area contributed by atoms with Gasteiger partial charge in [-0.05, 0) is 55.7 Å². The van der Waals surface area contributed by atoms with E-state index in [1.54, 1.807) is 49.5 Å². The number of aromatic nitrogens is 3. The molecule has 6 rings (SSSR count). The third-order valence-corrected chi connectivity index (χ3v) is 10.2. The van der Waals surface area contributed by atoms with Crippen molar-refractivity contribution in [3.05, 3.63) is 95.1 Å². The fourth-order valence-electron chi connectivity index (χ4n) is 5.85. The van der Waals surface area contributed by atoms with Gasteiger partial charge in [-0.25, -0.2) is 18.2 Å². The number of alkyl halides is 1. The molecular weight excluding hydrogens is 735 g/mol. The van der Waals surface area contributed by atoms with Crippen LogP contribution in [0, 0.1) is 18.6 Å². The predicted octanol–water partition coefficient (Wildman–Crippen LogP) is 5.41. The Bertz CT molecular complexity index is 2230. The van der Waals surface area contributed by atoms with Crippen molar-refractivity contribution in [2.75, 3.05) is 50.8 Å². The smallest absolute Gasteiger partial charge is 0.314 e. The van der Waals surface area contributed by atoms with Crippen LogP contribution in [0.15, 0.2) is 65.4 Å². The molecule has 0 amide bonds. The van der Waals surface area contributed by atoms with Crippen LogP contribution in [0.4, 0.5) is 18.9 Å². The van der Waals surface area contributed by atoms with Gasteiger partial charge in [-0.1, -0.05) is 17.3 Å². The number of anilines is 1. The number of aliphatic carboxylic acids is 1. The Morgan fingerprint density at radius 1 is 1.06 bits per heavy atom. The van der Waals surface area contributed by atoms with Gasteiger partial charge in [0.05, 0.1) is 36.8 Å². The van der Waals surface area contributed by atoms with Crippen LogP contribution >= 0.6 is 0 Å². The molecule has 14 nitrogen and oxygen atoms in total. The molecule has 0 radical (unpaired) electrons. The van der Waals surface area contributed by atoms with E-state index in [0.29, 0.717) is 22.6 Å². The molecule has 1 saturated heterocycles. The predicted molar refractivity (Wildman–Crippen MR) is 188 cm³/mol. The first-order valence-corrected chi connectivity index (χ1v) is 18.3. The van der Waals surface area contributed by atoms with Crippen LogP contribution < -0.4 is 9.46 Å². The fourth-order valence-corrected chi connectivity index (χ4v) is 7.12. The number of pyridine rings is 1. The van der Waals surface area contributed by atoms with Crippen molar-refractivity contribution in [3.8, 4) is 16.9 Å². The molecule has 1 aliphatic rings. The Kier molecular flexibility index (Phi) is 12.0. The molecule has 0 bridgehead atoms. The Balaban J connectivity index is 1.01. The summed E-state index contributed by atoms with van der Waals surface area (Å²) >= 11 is 0. The van der Waals surface area contributed by atoms with Crippen LogP contribution in [0.1, 0.15) is 46.1 Å². The maximum absolute atomic E-state index is 15.6. The number of aromatic amines is 1. The summed E-state index contributed by atoms with van der Waals surface area (Å²) in [5, 5.41) is 13.4. The molecule has 0 saturated carbocycles. The van der Waals surface area contributed by atoms with Crippen LogP contribution in [-0.2, 0) is 24.5 Å². The van der Waals surface area contributed by atoms with Gasteiger partial charge in [-0.15, -0.1) is 0 Å². The maximum atomic E-state index is 15.6. The summed E-state index contributed by atoms with van der Waals surface area (Å²) < 4.78 is 94.2. The zero-order valence-corrected chi connectivity index (χ0v) is 29.7. The number of halogens is 3. The SMILES string of the molecule is Cc1cc(C(CCOCCOCCOc2ccc(-c3cnc4[nH]cc(C(=O)c5c(F)ccc(NS(=O)(=O)N6CC[C@@H](F)C6)c5F)c4c3)cc2)C(=O)O)on1. The lowest BCUT2D eigenvalue weighted by atomic mass is 10.00. The van der Waals surface area contributed by atoms with E-state index in [-0.39, 0.29) is 74.8 Å². The minimum absolute atomic E-state index is 0.00654. The molecule has 0 aliphatic carbocycles. The van der Waals surface area contributed by atoms with E-state index in [2.05, 4.69) is 15.1 Å². The zero-order chi connectivity index (χ0) is 38.4. The number of hydrogen-bond acceptors (Lipinski definition) is 10. The van der Waals surface area contributed by atoms with Gasteiger partial charge < -0.3 is 28.8 Å². The number of carbonyl (C=O) groups excluding carboxylic acids is 1. The number of benzene rings is 2. The van der Waals surface area contributed by atoms with Crippen molar-refractivity contribution in [1.29, 1.82) is 0 Å². The summed E-state index contributed by atoms with van der Waals surface area (Å²) in [4.78, 5) is 32.3. The fraction of sp³-hybridized carbons (Fsp3) is 0.333. The van der Waals surface area contributed by atoms with Crippen LogP contribution in [0.25, 0.3) is 22.2 Å². The average Bonchev–Trinajstić information content (AvgIpc) is 3.90. The van der Waals surface area contributed by atoms with E-state index in [0.717, 1.165) is 16.4 Å². The number of H-pyrrole nitrogens is 1. The number of ketones is 1. The molecule has 0 spiro atoms.